The van der Waals surface area contributed by atoms with Crippen LogP contribution in [-0.4, -0.2) is 5.91 Å². The molecule has 1 fully saturated rings. The summed E-state index contributed by atoms with van der Waals surface area (Å²) in [6.45, 7) is 0.473. The van der Waals surface area contributed by atoms with E-state index in [9.17, 15) is 13.6 Å². The highest BCUT2D eigenvalue weighted by molar-refractivity contribution is 6.03. The van der Waals surface area contributed by atoms with E-state index in [1.54, 1.807) is 29.2 Å². The molecular weight excluding hydrogens is 456 g/mol. The minimum Gasteiger partial charge on any atom is -0.489 e. The fourth-order valence-corrected chi connectivity index (χ4v) is 4.48. The molecule has 0 N–H and O–H groups in total. The average molecular weight is 482 g/mol. The lowest BCUT2D eigenvalue weighted by Gasteiger charge is -2.47. The van der Waals surface area contributed by atoms with E-state index >= 15 is 0 Å². The molecule has 0 spiro atoms. The van der Waals surface area contributed by atoms with E-state index in [0.717, 1.165) is 22.4 Å². The highest BCUT2D eigenvalue weighted by Gasteiger charge is 2.47. The number of halogens is 2. The third-order valence-electron chi connectivity index (χ3n) is 6.36. The van der Waals surface area contributed by atoms with Crippen molar-refractivity contribution in [3.05, 3.63) is 138 Å². The molecular formula is C31H25F2NO2. The summed E-state index contributed by atoms with van der Waals surface area (Å²) in [4.78, 5) is 14.9. The van der Waals surface area contributed by atoms with Gasteiger partial charge in [-0.05, 0) is 71.6 Å². The lowest BCUT2D eigenvalue weighted by atomic mass is 9.79. The van der Waals surface area contributed by atoms with Gasteiger partial charge >= 0.3 is 0 Å². The van der Waals surface area contributed by atoms with Gasteiger partial charge in [-0.3, -0.25) is 4.79 Å². The molecule has 5 rings (SSSR count). The van der Waals surface area contributed by atoms with Gasteiger partial charge in [-0.15, -0.1) is 0 Å². The number of ether oxygens (including phenoxy) is 1. The number of amides is 1. The minimum absolute atomic E-state index is 0.0141. The molecule has 4 aromatic rings. The minimum atomic E-state index is -0.345. The van der Waals surface area contributed by atoms with E-state index < -0.39 is 0 Å². The van der Waals surface area contributed by atoms with Crippen LogP contribution in [0, 0.1) is 17.6 Å². The number of anilines is 1. The molecule has 1 aliphatic rings. The Hall–Kier alpha value is -4.25. The quantitative estimate of drug-likeness (QED) is 0.246. The van der Waals surface area contributed by atoms with Gasteiger partial charge in [-0.1, -0.05) is 66.7 Å². The van der Waals surface area contributed by atoms with Gasteiger partial charge in [0.25, 0.3) is 0 Å². The number of hydrogen-bond acceptors (Lipinski definition) is 2. The molecule has 0 aromatic heterocycles. The lowest BCUT2D eigenvalue weighted by Crippen LogP contribution is -2.55. The number of carbonyl (C=O) groups is 1. The Bertz CT molecular complexity index is 1330. The molecule has 1 heterocycles. The fourth-order valence-electron chi connectivity index (χ4n) is 4.48. The standard InChI is InChI=1S/C31H25F2NO2/c32-25-13-9-22(10-14-25)7-4-8-29-30(34(31(29)35)27-17-15-26(33)16-18-27)24-11-19-28(20-12-24)36-21-23-5-2-1-3-6-23/h1-7,9-20,29-30H,8,21H2/b7-4+/t29-,30-/m1/s1. The van der Waals surface area contributed by atoms with E-state index in [2.05, 4.69) is 0 Å². The van der Waals surface area contributed by atoms with E-state index in [4.69, 9.17) is 4.74 Å². The van der Waals surface area contributed by atoms with Crippen molar-refractivity contribution in [3.8, 4) is 5.75 Å². The van der Waals surface area contributed by atoms with Crippen LogP contribution in [0.25, 0.3) is 6.08 Å². The largest absolute Gasteiger partial charge is 0.489 e. The molecule has 1 amide bonds. The summed E-state index contributed by atoms with van der Waals surface area (Å²) in [5.74, 6) is -0.161. The van der Waals surface area contributed by atoms with Gasteiger partial charge in [0.2, 0.25) is 5.91 Å². The fraction of sp³-hybridized carbons (Fsp3) is 0.129. The first-order valence-electron chi connectivity index (χ1n) is 11.9. The van der Waals surface area contributed by atoms with Crippen LogP contribution < -0.4 is 9.64 Å². The zero-order valence-corrected chi connectivity index (χ0v) is 19.6. The molecule has 180 valence electrons. The molecule has 2 atom stereocenters. The third kappa shape index (κ3) is 5.20. The maximum atomic E-state index is 13.5. The van der Waals surface area contributed by atoms with Crippen LogP contribution in [0.15, 0.2) is 109 Å². The Morgan fingerprint density at radius 3 is 2.08 bits per heavy atom. The number of β-lactam (4-membered cyclic amide) rings is 1. The molecule has 4 aromatic carbocycles. The van der Waals surface area contributed by atoms with Crippen molar-refractivity contribution in [2.75, 3.05) is 4.90 Å². The van der Waals surface area contributed by atoms with Gasteiger partial charge in [-0.25, -0.2) is 8.78 Å². The van der Waals surface area contributed by atoms with Crippen molar-refractivity contribution in [1.82, 2.24) is 0 Å². The Morgan fingerprint density at radius 1 is 0.778 bits per heavy atom. The Balaban J connectivity index is 1.34. The third-order valence-corrected chi connectivity index (χ3v) is 6.36. The zero-order valence-electron chi connectivity index (χ0n) is 19.6. The highest BCUT2D eigenvalue weighted by Crippen LogP contribution is 2.45. The molecule has 36 heavy (non-hydrogen) atoms. The molecule has 1 saturated heterocycles. The van der Waals surface area contributed by atoms with Gasteiger partial charge in [0, 0.05) is 5.69 Å². The molecule has 0 unspecified atom stereocenters. The number of nitrogens with zero attached hydrogens (tertiary/aromatic N) is 1. The van der Waals surface area contributed by atoms with Crippen molar-refractivity contribution in [2.24, 2.45) is 5.92 Å². The molecule has 3 nitrogen and oxygen atoms in total. The number of hydrogen-bond donors (Lipinski definition) is 0. The van der Waals surface area contributed by atoms with Crippen LogP contribution in [0.1, 0.15) is 29.2 Å². The SMILES string of the molecule is O=C1[C@H](C/C=C/c2ccc(F)cc2)[C@@H](c2ccc(OCc3ccccc3)cc2)N1c1ccc(F)cc1. The average Bonchev–Trinajstić information content (AvgIpc) is 2.91. The van der Waals surface area contributed by atoms with Gasteiger partial charge in [0.15, 0.2) is 0 Å². The summed E-state index contributed by atoms with van der Waals surface area (Å²) in [7, 11) is 0. The second-order valence-corrected chi connectivity index (χ2v) is 8.77. The summed E-state index contributed by atoms with van der Waals surface area (Å²) in [6, 6.07) is 29.7. The first-order valence-corrected chi connectivity index (χ1v) is 11.9. The summed E-state index contributed by atoms with van der Waals surface area (Å²) in [6.07, 6.45) is 4.37. The van der Waals surface area contributed by atoms with Crippen LogP contribution in [0.5, 0.6) is 5.75 Å². The van der Waals surface area contributed by atoms with Crippen LogP contribution in [0.3, 0.4) is 0 Å². The van der Waals surface area contributed by atoms with Crippen LogP contribution >= 0.6 is 0 Å². The van der Waals surface area contributed by atoms with E-state index in [1.807, 2.05) is 66.7 Å². The summed E-state index contributed by atoms with van der Waals surface area (Å²) < 4.78 is 32.6. The molecule has 0 saturated carbocycles. The first-order chi connectivity index (χ1) is 17.6. The molecule has 0 bridgehead atoms. The van der Waals surface area contributed by atoms with E-state index in [0.29, 0.717) is 18.7 Å². The maximum Gasteiger partial charge on any atom is 0.233 e. The topological polar surface area (TPSA) is 29.5 Å². The molecule has 0 aliphatic carbocycles. The number of carbonyl (C=O) groups excluding carboxylic acids is 1. The predicted molar refractivity (Wildman–Crippen MR) is 137 cm³/mol. The van der Waals surface area contributed by atoms with Crippen molar-refractivity contribution in [1.29, 1.82) is 0 Å². The Kier molecular flexibility index (Phi) is 6.89. The van der Waals surface area contributed by atoms with E-state index in [1.165, 1.54) is 24.3 Å². The molecule has 1 aliphatic heterocycles. The smallest absolute Gasteiger partial charge is 0.233 e. The van der Waals surface area contributed by atoms with Gasteiger partial charge in [-0.2, -0.15) is 0 Å². The van der Waals surface area contributed by atoms with Crippen LogP contribution in [0.2, 0.25) is 0 Å². The summed E-state index contributed by atoms with van der Waals surface area (Å²) in [5.41, 5.74) is 3.59. The Labute approximate surface area is 209 Å². The zero-order chi connectivity index (χ0) is 24.9. The summed E-state index contributed by atoms with van der Waals surface area (Å²) in [5, 5.41) is 0. The number of benzene rings is 4. The highest BCUT2D eigenvalue weighted by atomic mass is 19.1. The normalized spacial score (nSPS) is 17.3. The lowest BCUT2D eigenvalue weighted by molar-refractivity contribution is -0.130. The number of allylic oxidation sites excluding steroid dienone is 1. The molecule has 0 radical (unpaired) electrons. The predicted octanol–water partition coefficient (Wildman–Crippen LogP) is 7.35. The van der Waals surface area contributed by atoms with Gasteiger partial charge < -0.3 is 9.64 Å². The van der Waals surface area contributed by atoms with Crippen LogP contribution in [0.4, 0.5) is 14.5 Å². The van der Waals surface area contributed by atoms with Crippen LogP contribution in [-0.2, 0) is 11.4 Å². The number of rotatable bonds is 8. The first kappa shape index (κ1) is 23.5. The van der Waals surface area contributed by atoms with Gasteiger partial charge in [0.05, 0.1) is 12.0 Å². The van der Waals surface area contributed by atoms with Crippen molar-refractivity contribution < 1.29 is 18.3 Å². The second kappa shape index (κ2) is 10.6. The second-order valence-electron chi connectivity index (χ2n) is 8.77. The van der Waals surface area contributed by atoms with Crippen molar-refractivity contribution in [3.63, 3.8) is 0 Å². The summed E-state index contributed by atoms with van der Waals surface area (Å²) >= 11 is 0. The van der Waals surface area contributed by atoms with Crippen molar-refractivity contribution in [2.45, 2.75) is 19.1 Å². The maximum absolute atomic E-state index is 13.5. The monoisotopic (exact) mass is 481 g/mol. The van der Waals surface area contributed by atoms with Gasteiger partial charge in [0.1, 0.15) is 24.0 Å². The Morgan fingerprint density at radius 2 is 1.42 bits per heavy atom. The van der Waals surface area contributed by atoms with E-state index in [-0.39, 0.29) is 29.5 Å². The van der Waals surface area contributed by atoms with Crippen molar-refractivity contribution >= 4 is 17.7 Å². The molecule has 5 heteroatoms.